The summed E-state index contributed by atoms with van der Waals surface area (Å²) in [5, 5.41) is 11.9. The van der Waals surface area contributed by atoms with Gasteiger partial charge in [0.2, 0.25) is 0 Å². The molecular weight excluding hydrogens is 248 g/mol. The summed E-state index contributed by atoms with van der Waals surface area (Å²) in [6.07, 6.45) is 9.61. The first-order valence-corrected chi connectivity index (χ1v) is 6.60. The van der Waals surface area contributed by atoms with Crippen molar-refractivity contribution in [3.8, 4) is 6.07 Å². The van der Waals surface area contributed by atoms with E-state index in [9.17, 15) is 4.79 Å². The molecule has 0 aliphatic heterocycles. The Balaban J connectivity index is 1.99. The molecule has 100 valence electrons. The summed E-state index contributed by atoms with van der Waals surface area (Å²) < 4.78 is 0. The average Bonchev–Trinajstić information content (AvgIpc) is 2.52. The standard InChI is InChI=1S/C17H16N2O/c18-12-16(11-14-7-3-1-4-8-14)17(20)19-13-15-9-5-2-6-10-15/h2-3,5-11H,1,4,13H2,(H,19,20)/b16-11+. The summed E-state index contributed by atoms with van der Waals surface area (Å²) in [6, 6.07) is 11.6. The largest absolute Gasteiger partial charge is 0.347 e. The van der Waals surface area contributed by atoms with Crippen LogP contribution >= 0.6 is 0 Å². The van der Waals surface area contributed by atoms with E-state index in [1.807, 2.05) is 54.6 Å². The van der Waals surface area contributed by atoms with Crippen molar-refractivity contribution in [2.24, 2.45) is 0 Å². The van der Waals surface area contributed by atoms with Crippen LogP contribution in [0.25, 0.3) is 0 Å². The maximum absolute atomic E-state index is 12.0. The molecule has 0 aromatic heterocycles. The quantitative estimate of drug-likeness (QED) is 0.671. The van der Waals surface area contributed by atoms with E-state index in [0.29, 0.717) is 6.54 Å². The highest BCUT2D eigenvalue weighted by molar-refractivity contribution is 5.97. The van der Waals surface area contributed by atoms with Crippen LogP contribution in [0.3, 0.4) is 0 Å². The van der Waals surface area contributed by atoms with Crippen molar-refractivity contribution in [3.05, 3.63) is 71.3 Å². The van der Waals surface area contributed by atoms with Gasteiger partial charge in [-0.15, -0.1) is 0 Å². The third-order valence-corrected chi connectivity index (χ3v) is 3.00. The number of allylic oxidation sites excluding steroid dienone is 5. The Bertz CT molecular complexity index is 604. The highest BCUT2D eigenvalue weighted by Crippen LogP contribution is 2.12. The zero-order valence-electron chi connectivity index (χ0n) is 11.2. The molecule has 3 nitrogen and oxygen atoms in total. The van der Waals surface area contributed by atoms with Gasteiger partial charge in [-0.3, -0.25) is 4.79 Å². The Morgan fingerprint density at radius 1 is 1.30 bits per heavy atom. The predicted octanol–water partition coefficient (Wildman–Crippen LogP) is 3.03. The predicted molar refractivity (Wildman–Crippen MR) is 78.4 cm³/mol. The molecule has 1 aliphatic rings. The van der Waals surface area contributed by atoms with Gasteiger partial charge in [0.05, 0.1) is 0 Å². The zero-order chi connectivity index (χ0) is 14.2. The van der Waals surface area contributed by atoms with E-state index in [2.05, 4.69) is 5.32 Å². The van der Waals surface area contributed by atoms with E-state index in [1.54, 1.807) is 6.08 Å². The number of benzene rings is 1. The number of nitriles is 1. The Hall–Kier alpha value is -2.60. The number of nitrogens with one attached hydrogen (secondary N) is 1. The van der Waals surface area contributed by atoms with E-state index in [0.717, 1.165) is 24.0 Å². The molecular formula is C17H16N2O. The summed E-state index contributed by atoms with van der Waals surface area (Å²) >= 11 is 0. The van der Waals surface area contributed by atoms with E-state index in [4.69, 9.17) is 5.26 Å². The van der Waals surface area contributed by atoms with Crippen LogP contribution < -0.4 is 5.32 Å². The Morgan fingerprint density at radius 2 is 2.10 bits per heavy atom. The van der Waals surface area contributed by atoms with Crippen molar-refractivity contribution >= 4 is 5.91 Å². The zero-order valence-corrected chi connectivity index (χ0v) is 11.2. The summed E-state index contributed by atoms with van der Waals surface area (Å²) in [5.74, 6) is -0.337. The fraction of sp³-hybridized carbons (Fsp3) is 0.176. The normalized spacial score (nSPS) is 14.3. The number of nitrogens with zero attached hydrogens (tertiary/aromatic N) is 1. The van der Waals surface area contributed by atoms with Crippen molar-refractivity contribution in [1.82, 2.24) is 5.32 Å². The van der Waals surface area contributed by atoms with Gasteiger partial charge < -0.3 is 5.32 Å². The molecule has 0 unspecified atom stereocenters. The lowest BCUT2D eigenvalue weighted by atomic mass is 10.0. The molecule has 0 atom stereocenters. The summed E-state index contributed by atoms with van der Waals surface area (Å²) in [7, 11) is 0. The van der Waals surface area contributed by atoms with Gasteiger partial charge in [-0.2, -0.15) is 5.26 Å². The molecule has 0 spiro atoms. The molecule has 1 aromatic rings. The lowest BCUT2D eigenvalue weighted by Gasteiger charge is -2.05. The van der Waals surface area contributed by atoms with Gasteiger partial charge >= 0.3 is 0 Å². The highest BCUT2D eigenvalue weighted by Gasteiger charge is 2.09. The summed E-state index contributed by atoms with van der Waals surface area (Å²) in [5.41, 5.74) is 2.07. The Morgan fingerprint density at radius 3 is 2.75 bits per heavy atom. The van der Waals surface area contributed by atoms with Crippen LogP contribution in [0.4, 0.5) is 0 Å². The topological polar surface area (TPSA) is 52.9 Å². The van der Waals surface area contributed by atoms with Crippen molar-refractivity contribution < 1.29 is 4.79 Å². The lowest BCUT2D eigenvalue weighted by molar-refractivity contribution is -0.117. The van der Waals surface area contributed by atoms with Gasteiger partial charge in [-0.1, -0.05) is 48.6 Å². The Kier molecular flexibility index (Phi) is 4.91. The van der Waals surface area contributed by atoms with Crippen LogP contribution in [0, 0.1) is 11.3 Å². The third-order valence-electron chi connectivity index (χ3n) is 3.00. The van der Waals surface area contributed by atoms with E-state index in [1.165, 1.54) is 0 Å². The molecule has 0 heterocycles. The van der Waals surface area contributed by atoms with Crippen molar-refractivity contribution in [2.45, 2.75) is 19.4 Å². The van der Waals surface area contributed by atoms with E-state index >= 15 is 0 Å². The molecule has 0 saturated carbocycles. The monoisotopic (exact) mass is 264 g/mol. The molecule has 3 heteroatoms. The summed E-state index contributed by atoms with van der Waals surface area (Å²) in [4.78, 5) is 12.0. The number of amides is 1. The molecule has 0 bridgehead atoms. The minimum Gasteiger partial charge on any atom is -0.347 e. The first-order valence-electron chi connectivity index (χ1n) is 6.60. The SMILES string of the molecule is N#C/C(=C\C1=CCCC=C1)C(=O)NCc1ccccc1. The van der Waals surface area contributed by atoms with Crippen molar-refractivity contribution in [1.29, 1.82) is 5.26 Å². The number of hydrogen-bond donors (Lipinski definition) is 1. The van der Waals surface area contributed by atoms with Crippen molar-refractivity contribution in [3.63, 3.8) is 0 Å². The highest BCUT2D eigenvalue weighted by atomic mass is 16.1. The second-order valence-electron chi connectivity index (χ2n) is 4.52. The molecule has 0 radical (unpaired) electrons. The first kappa shape index (κ1) is 13.8. The summed E-state index contributed by atoms with van der Waals surface area (Å²) in [6.45, 7) is 0.424. The van der Waals surface area contributed by atoms with Crippen LogP contribution in [0.5, 0.6) is 0 Å². The number of hydrogen-bond acceptors (Lipinski definition) is 2. The minimum absolute atomic E-state index is 0.138. The van der Waals surface area contributed by atoms with Gasteiger partial charge in [0.25, 0.3) is 5.91 Å². The molecule has 0 saturated heterocycles. The lowest BCUT2D eigenvalue weighted by Crippen LogP contribution is -2.24. The van der Waals surface area contributed by atoms with Crippen LogP contribution in [0.1, 0.15) is 18.4 Å². The van der Waals surface area contributed by atoms with Crippen molar-refractivity contribution in [2.75, 3.05) is 0 Å². The maximum atomic E-state index is 12.0. The van der Waals surface area contributed by atoms with Gasteiger partial charge in [0.15, 0.2) is 0 Å². The number of carbonyl (C=O) groups excluding carboxylic acids is 1. The molecule has 2 rings (SSSR count). The fourth-order valence-electron chi connectivity index (χ4n) is 1.93. The first-order chi connectivity index (χ1) is 9.79. The van der Waals surface area contributed by atoms with Gasteiger partial charge in [0.1, 0.15) is 11.6 Å². The molecule has 1 amide bonds. The second kappa shape index (κ2) is 7.10. The molecule has 0 fully saturated rings. The molecule has 1 aromatic carbocycles. The number of rotatable bonds is 4. The minimum atomic E-state index is -0.337. The Labute approximate surface area is 118 Å². The smallest absolute Gasteiger partial charge is 0.262 e. The average molecular weight is 264 g/mol. The third kappa shape index (κ3) is 3.96. The van der Waals surface area contributed by atoms with Gasteiger partial charge in [-0.05, 0) is 30.1 Å². The van der Waals surface area contributed by atoms with Gasteiger partial charge in [0, 0.05) is 6.54 Å². The molecule has 1 N–H and O–H groups in total. The molecule has 20 heavy (non-hydrogen) atoms. The molecule has 1 aliphatic carbocycles. The maximum Gasteiger partial charge on any atom is 0.262 e. The number of carbonyl (C=O) groups is 1. The van der Waals surface area contributed by atoms with Crippen LogP contribution in [0.2, 0.25) is 0 Å². The van der Waals surface area contributed by atoms with Crippen LogP contribution in [0.15, 0.2) is 65.8 Å². The van der Waals surface area contributed by atoms with Gasteiger partial charge in [-0.25, -0.2) is 0 Å². The van der Waals surface area contributed by atoms with Crippen LogP contribution in [-0.4, -0.2) is 5.91 Å². The fourth-order valence-corrected chi connectivity index (χ4v) is 1.93. The van der Waals surface area contributed by atoms with Crippen LogP contribution in [-0.2, 0) is 11.3 Å². The second-order valence-corrected chi connectivity index (χ2v) is 4.52. The van der Waals surface area contributed by atoms with E-state index < -0.39 is 0 Å². The van der Waals surface area contributed by atoms with E-state index in [-0.39, 0.29) is 11.5 Å².